The van der Waals surface area contributed by atoms with Gasteiger partial charge in [0.1, 0.15) is 11.9 Å². The van der Waals surface area contributed by atoms with E-state index in [9.17, 15) is 9.18 Å². The Hall–Kier alpha value is -1.17. The summed E-state index contributed by atoms with van der Waals surface area (Å²) in [6, 6.07) is 3.45. The summed E-state index contributed by atoms with van der Waals surface area (Å²) in [5.74, 6) is -1.07. The highest BCUT2D eigenvalue weighted by Gasteiger charge is 2.21. The van der Waals surface area contributed by atoms with E-state index in [0.717, 1.165) is 0 Å². The third-order valence-electron chi connectivity index (χ3n) is 2.37. The van der Waals surface area contributed by atoms with Crippen LogP contribution in [0.5, 0.6) is 0 Å². The van der Waals surface area contributed by atoms with E-state index in [0.29, 0.717) is 18.7 Å². The molecule has 0 saturated carbocycles. The number of benzene rings is 1. The van der Waals surface area contributed by atoms with Gasteiger partial charge < -0.3 is 9.47 Å². The van der Waals surface area contributed by atoms with Gasteiger partial charge in [-0.1, -0.05) is 17.7 Å². The Morgan fingerprint density at radius 3 is 2.78 bits per heavy atom. The molecule has 1 aromatic rings. The van der Waals surface area contributed by atoms with Crippen LogP contribution >= 0.6 is 11.6 Å². The molecule has 0 aliphatic rings. The maximum atomic E-state index is 13.4. The Balaban J connectivity index is 2.87. The Morgan fingerprint density at radius 2 is 2.22 bits per heavy atom. The fourth-order valence-corrected chi connectivity index (χ4v) is 1.57. The fraction of sp³-hybridized carbons (Fsp3) is 0.417. The summed E-state index contributed by atoms with van der Waals surface area (Å²) in [5.41, 5.74) is 0.458. The standard InChI is InChI=1S/C12H15ClFNO3/c1-17-6-5-15-11(12(16)18-2)8-3-4-9(13)10(14)7-8/h3-4,7,11,15H,5-6H2,1-2H3. The van der Waals surface area contributed by atoms with Crippen LogP contribution in [0.1, 0.15) is 11.6 Å². The third-order valence-corrected chi connectivity index (χ3v) is 2.68. The minimum atomic E-state index is -0.739. The van der Waals surface area contributed by atoms with Crippen molar-refractivity contribution in [1.29, 1.82) is 0 Å². The largest absolute Gasteiger partial charge is 0.468 e. The van der Waals surface area contributed by atoms with Gasteiger partial charge in [0.2, 0.25) is 0 Å². The SMILES string of the molecule is COCCNC(C(=O)OC)c1ccc(Cl)c(F)c1. The zero-order valence-corrected chi connectivity index (χ0v) is 11.0. The molecule has 0 radical (unpaired) electrons. The molecule has 100 valence electrons. The number of carbonyl (C=O) groups excluding carboxylic acids is 1. The second-order valence-electron chi connectivity index (χ2n) is 3.58. The maximum absolute atomic E-state index is 13.4. The van der Waals surface area contributed by atoms with E-state index >= 15 is 0 Å². The average molecular weight is 276 g/mol. The highest BCUT2D eigenvalue weighted by atomic mass is 35.5. The summed E-state index contributed by atoms with van der Waals surface area (Å²) in [7, 11) is 2.83. The van der Waals surface area contributed by atoms with Gasteiger partial charge in [-0.15, -0.1) is 0 Å². The first-order chi connectivity index (χ1) is 8.60. The molecule has 0 aliphatic heterocycles. The van der Waals surface area contributed by atoms with Crippen LogP contribution in [0.3, 0.4) is 0 Å². The van der Waals surface area contributed by atoms with Crippen molar-refractivity contribution in [3.63, 3.8) is 0 Å². The van der Waals surface area contributed by atoms with Gasteiger partial charge in [-0.25, -0.2) is 9.18 Å². The summed E-state index contributed by atoms with van der Waals surface area (Å²) in [5, 5.41) is 2.94. The molecule has 1 atom stereocenters. The molecule has 0 saturated heterocycles. The van der Waals surface area contributed by atoms with Crippen LogP contribution in [0.4, 0.5) is 4.39 Å². The van der Waals surface area contributed by atoms with Crippen LogP contribution in [0, 0.1) is 5.82 Å². The molecule has 1 rings (SSSR count). The molecule has 0 aliphatic carbocycles. The van der Waals surface area contributed by atoms with E-state index in [2.05, 4.69) is 10.1 Å². The molecule has 0 spiro atoms. The van der Waals surface area contributed by atoms with Crippen LogP contribution in [0.2, 0.25) is 5.02 Å². The molecular formula is C12H15ClFNO3. The van der Waals surface area contributed by atoms with Crippen molar-refractivity contribution < 1.29 is 18.7 Å². The summed E-state index contributed by atoms with van der Waals surface area (Å²) in [6.07, 6.45) is 0. The molecule has 0 aromatic heterocycles. The van der Waals surface area contributed by atoms with Crippen molar-refractivity contribution in [3.8, 4) is 0 Å². The molecule has 18 heavy (non-hydrogen) atoms. The van der Waals surface area contributed by atoms with Gasteiger partial charge >= 0.3 is 5.97 Å². The Morgan fingerprint density at radius 1 is 1.50 bits per heavy atom. The highest BCUT2D eigenvalue weighted by Crippen LogP contribution is 2.21. The summed E-state index contributed by atoms with van der Waals surface area (Å²) in [4.78, 5) is 11.6. The number of methoxy groups -OCH3 is 2. The van der Waals surface area contributed by atoms with Crippen LogP contribution in [-0.4, -0.2) is 33.3 Å². The van der Waals surface area contributed by atoms with E-state index in [-0.39, 0.29) is 5.02 Å². The van der Waals surface area contributed by atoms with Gasteiger partial charge in [0, 0.05) is 13.7 Å². The number of nitrogens with one attached hydrogen (secondary N) is 1. The number of rotatable bonds is 6. The number of ether oxygens (including phenoxy) is 2. The van der Waals surface area contributed by atoms with Crippen molar-refractivity contribution in [3.05, 3.63) is 34.6 Å². The van der Waals surface area contributed by atoms with E-state index < -0.39 is 17.8 Å². The predicted molar refractivity (Wildman–Crippen MR) is 66.0 cm³/mol. The first-order valence-electron chi connectivity index (χ1n) is 5.35. The number of halogens is 2. The number of carbonyl (C=O) groups is 1. The van der Waals surface area contributed by atoms with Gasteiger partial charge in [-0.05, 0) is 17.7 Å². The molecule has 1 aromatic carbocycles. The first kappa shape index (κ1) is 14.9. The normalized spacial score (nSPS) is 12.2. The monoisotopic (exact) mass is 275 g/mol. The van der Waals surface area contributed by atoms with Crippen molar-refractivity contribution in [2.45, 2.75) is 6.04 Å². The van der Waals surface area contributed by atoms with Crippen molar-refractivity contribution in [1.82, 2.24) is 5.32 Å². The lowest BCUT2D eigenvalue weighted by Gasteiger charge is -2.16. The van der Waals surface area contributed by atoms with Crippen LogP contribution < -0.4 is 5.32 Å². The summed E-state index contributed by atoms with van der Waals surface area (Å²) in [6.45, 7) is 0.879. The van der Waals surface area contributed by atoms with Gasteiger partial charge in [0.05, 0.1) is 18.7 Å². The lowest BCUT2D eigenvalue weighted by Crippen LogP contribution is -2.32. The molecule has 1 unspecified atom stereocenters. The third kappa shape index (κ3) is 3.94. The molecule has 6 heteroatoms. The molecule has 0 fully saturated rings. The maximum Gasteiger partial charge on any atom is 0.327 e. The van der Waals surface area contributed by atoms with Gasteiger partial charge in [-0.3, -0.25) is 5.32 Å². The zero-order chi connectivity index (χ0) is 13.5. The van der Waals surface area contributed by atoms with Crippen LogP contribution in [0.15, 0.2) is 18.2 Å². The lowest BCUT2D eigenvalue weighted by atomic mass is 10.1. The van der Waals surface area contributed by atoms with Crippen LogP contribution in [0.25, 0.3) is 0 Å². The topological polar surface area (TPSA) is 47.6 Å². The van der Waals surface area contributed by atoms with E-state index in [1.165, 1.54) is 19.2 Å². The van der Waals surface area contributed by atoms with Gasteiger partial charge in [0.15, 0.2) is 0 Å². The summed E-state index contributed by atoms with van der Waals surface area (Å²) < 4.78 is 22.9. The average Bonchev–Trinajstić information content (AvgIpc) is 2.37. The Labute approximate surface area is 110 Å². The molecule has 0 bridgehead atoms. The number of esters is 1. The molecule has 0 amide bonds. The minimum Gasteiger partial charge on any atom is -0.468 e. The van der Waals surface area contributed by atoms with Crippen molar-refractivity contribution >= 4 is 17.6 Å². The molecule has 0 heterocycles. The second-order valence-corrected chi connectivity index (χ2v) is 3.98. The van der Waals surface area contributed by atoms with E-state index in [1.54, 1.807) is 13.2 Å². The smallest absolute Gasteiger partial charge is 0.327 e. The Bertz CT molecular complexity index is 414. The zero-order valence-electron chi connectivity index (χ0n) is 10.2. The predicted octanol–water partition coefficient (Wildman–Crippen LogP) is 1.93. The van der Waals surface area contributed by atoms with E-state index in [4.69, 9.17) is 16.3 Å². The first-order valence-corrected chi connectivity index (χ1v) is 5.73. The molecule has 1 N–H and O–H groups in total. The second kappa shape index (κ2) is 7.31. The van der Waals surface area contributed by atoms with Gasteiger partial charge in [-0.2, -0.15) is 0 Å². The van der Waals surface area contributed by atoms with E-state index in [1.807, 2.05) is 0 Å². The van der Waals surface area contributed by atoms with Crippen LogP contribution in [-0.2, 0) is 14.3 Å². The number of hydrogen-bond donors (Lipinski definition) is 1. The fourth-order valence-electron chi connectivity index (χ4n) is 1.45. The molecule has 4 nitrogen and oxygen atoms in total. The number of hydrogen-bond acceptors (Lipinski definition) is 4. The lowest BCUT2D eigenvalue weighted by molar-refractivity contribution is -0.143. The minimum absolute atomic E-state index is 0.0132. The molecular weight excluding hydrogens is 261 g/mol. The van der Waals surface area contributed by atoms with Crippen molar-refractivity contribution in [2.24, 2.45) is 0 Å². The van der Waals surface area contributed by atoms with Crippen molar-refractivity contribution in [2.75, 3.05) is 27.4 Å². The summed E-state index contributed by atoms with van der Waals surface area (Å²) >= 11 is 5.59. The van der Waals surface area contributed by atoms with Gasteiger partial charge in [0.25, 0.3) is 0 Å². The highest BCUT2D eigenvalue weighted by molar-refractivity contribution is 6.30. The Kier molecular flexibility index (Phi) is 6.04. The quantitative estimate of drug-likeness (QED) is 0.637.